The lowest BCUT2D eigenvalue weighted by atomic mass is 9.73. The third-order valence-corrected chi connectivity index (χ3v) is 8.14. The third kappa shape index (κ3) is 7.10. The van der Waals surface area contributed by atoms with Crippen molar-refractivity contribution in [3.05, 3.63) is 65.2 Å². The summed E-state index contributed by atoms with van der Waals surface area (Å²) >= 11 is 0. The van der Waals surface area contributed by atoms with Crippen molar-refractivity contribution in [1.82, 2.24) is 9.80 Å². The van der Waals surface area contributed by atoms with Crippen molar-refractivity contribution in [1.29, 1.82) is 0 Å². The van der Waals surface area contributed by atoms with Gasteiger partial charge >= 0.3 is 0 Å². The van der Waals surface area contributed by atoms with Gasteiger partial charge in [0.15, 0.2) is 0 Å². The van der Waals surface area contributed by atoms with Crippen molar-refractivity contribution < 1.29 is 9.53 Å². The molecule has 4 rings (SSSR count). The highest BCUT2D eigenvalue weighted by Gasteiger charge is 2.36. The fourth-order valence-corrected chi connectivity index (χ4v) is 5.79. The van der Waals surface area contributed by atoms with Crippen LogP contribution in [0.25, 0.3) is 0 Å². The number of aryl methyl sites for hydroxylation is 1. The predicted molar refractivity (Wildman–Crippen MR) is 144 cm³/mol. The van der Waals surface area contributed by atoms with Crippen LogP contribution in [0.15, 0.2) is 48.5 Å². The number of rotatable bonds is 3. The molecule has 35 heavy (non-hydrogen) atoms. The topological polar surface area (TPSA) is 32.8 Å². The van der Waals surface area contributed by atoms with Gasteiger partial charge in [-0.1, -0.05) is 62.7 Å². The third-order valence-electron chi connectivity index (χ3n) is 8.14. The zero-order valence-electron chi connectivity index (χ0n) is 22.1. The lowest BCUT2D eigenvalue weighted by Gasteiger charge is -2.44. The zero-order valence-corrected chi connectivity index (χ0v) is 22.1. The average Bonchev–Trinajstić information content (AvgIpc) is 2.86. The van der Waals surface area contributed by atoms with Gasteiger partial charge in [0.25, 0.3) is 0 Å². The second-order valence-electron chi connectivity index (χ2n) is 11.2. The van der Waals surface area contributed by atoms with E-state index < -0.39 is 0 Å². The number of hydrogen-bond donors (Lipinski definition) is 0. The molecular weight excluding hydrogens is 432 g/mol. The average molecular weight is 477 g/mol. The first-order chi connectivity index (χ1) is 16.9. The summed E-state index contributed by atoms with van der Waals surface area (Å²) in [6.07, 6.45) is 8.33. The maximum Gasteiger partial charge on any atom is 0.222 e. The van der Waals surface area contributed by atoms with Crippen LogP contribution >= 0.6 is 0 Å². The molecule has 0 N–H and O–H groups in total. The highest BCUT2D eigenvalue weighted by atomic mass is 16.5. The minimum Gasteiger partial charge on any atom is -0.493 e. The van der Waals surface area contributed by atoms with E-state index in [0.29, 0.717) is 18.9 Å². The quantitative estimate of drug-likeness (QED) is 0.511. The van der Waals surface area contributed by atoms with Gasteiger partial charge < -0.3 is 9.64 Å². The van der Waals surface area contributed by atoms with Gasteiger partial charge in [-0.15, -0.1) is 0 Å². The van der Waals surface area contributed by atoms with E-state index in [9.17, 15) is 4.79 Å². The highest BCUT2D eigenvalue weighted by molar-refractivity contribution is 5.75. The standard InChI is InChI=1S/C31H44N2O2/c1-25(2)27-15-13-26(14-16-27)23-33-20-18-31(19-21-33)17-7-6-10-28-9-4-5-11-29(28)35-22-8-12-30(34)32(3)24-31/h4-5,9,11,13-16,25H,6-8,10,12,17-24H2,1-3H3. The van der Waals surface area contributed by atoms with Crippen LogP contribution in [-0.2, 0) is 17.8 Å². The molecule has 0 saturated carbocycles. The van der Waals surface area contributed by atoms with E-state index in [1.807, 2.05) is 18.0 Å². The normalized spacial score (nSPS) is 20.3. The van der Waals surface area contributed by atoms with Gasteiger partial charge in [0.05, 0.1) is 6.61 Å². The number of piperidine rings is 1. The molecule has 0 radical (unpaired) electrons. The minimum atomic E-state index is 0.239. The van der Waals surface area contributed by atoms with Crippen molar-refractivity contribution in [2.45, 2.75) is 77.7 Å². The van der Waals surface area contributed by atoms with Gasteiger partial charge in [-0.25, -0.2) is 0 Å². The van der Waals surface area contributed by atoms with E-state index in [1.54, 1.807) is 0 Å². The molecule has 4 heteroatoms. The molecular formula is C31H44N2O2. The van der Waals surface area contributed by atoms with E-state index in [0.717, 1.165) is 44.8 Å². The smallest absolute Gasteiger partial charge is 0.222 e. The number of carbonyl (C=O) groups is 1. The van der Waals surface area contributed by atoms with Crippen LogP contribution in [0.1, 0.15) is 81.4 Å². The fraction of sp³-hybridized carbons (Fsp3) is 0.581. The van der Waals surface area contributed by atoms with Crippen LogP contribution in [0.5, 0.6) is 5.75 Å². The van der Waals surface area contributed by atoms with Crippen molar-refractivity contribution in [2.24, 2.45) is 5.41 Å². The highest BCUT2D eigenvalue weighted by Crippen LogP contribution is 2.38. The van der Waals surface area contributed by atoms with Gasteiger partial charge in [-0.2, -0.15) is 0 Å². The molecule has 1 saturated heterocycles. The van der Waals surface area contributed by atoms with E-state index in [4.69, 9.17) is 4.74 Å². The van der Waals surface area contributed by atoms with E-state index in [-0.39, 0.29) is 11.3 Å². The molecule has 0 atom stereocenters. The number of nitrogens with zero attached hydrogens (tertiary/aromatic N) is 2. The number of likely N-dealkylation sites (tertiary alicyclic amines) is 1. The molecule has 1 fully saturated rings. The molecule has 0 bridgehead atoms. The Hall–Kier alpha value is -2.33. The molecule has 2 aliphatic heterocycles. The summed E-state index contributed by atoms with van der Waals surface area (Å²) < 4.78 is 6.03. The summed E-state index contributed by atoms with van der Waals surface area (Å²) in [4.78, 5) is 17.5. The molecule has 1 spiro atoms. The summed E-state index contributed by atoms with van der Waals surface area (Å²) in [5, 5.41) is 0. The summed E-state index contributed by atoms with van der Waals surface area (Å²) in [5.41, 5.74) is 4.36. The fourth-order valence-electron chi connectivity index (χ4n) is 5.79. The molecule has 0 unspecified atom stereocenters. The summed E-state index contributed by atoms with van der Waals surface area (Å²) in [6, 6.07) is 17.6. The van der Waals surface area contributed by atoms with E-state index >= 15 is 0 Å². The Bertz CT molecular complexity index is 945. The Morgan fingerprint density at radius 3 is 2.40 bits per heavy atom. The van der Waals surface area contributed by atoms with Gasteiger partial charge in [0.2, 0.25) is 5.91 Å². The van der Waals surface area contributed by atoms with Gasteiger partial charge in [-0.3, -0.25) is 9.69 Å². The first-order valence-corrected chi connectivity index (χ1v) is 13.7. The maximum atomic E-state index is 12.9. The largest absolute Gasteiger partial charge is 0.493 e. The van der Waals surface area contributed by atoms with Crippen LogP contribution in [0, 0.1) is 5.41 Å². The Morgan fingerprint density at radius 2 is 1.66 bits per heavy atom. The number of benzene rings is 2. The first-order valence-electron chi connectivity index (χ1n) is 13.7. The number of ether oxygens (including phenoxy) is 1. The summed E-state index contributed by atoms with van der Waals surface area (Å²) in [7, 11) is 2.01. The van der Waals surface area contributed by atoms with Crippen LogP contribution in [-0.4, -0.2) is 49.0 Å². The first kappa shape index (κ1) is 25.8. The van der Waals surface area contributed by atoms with Crippen molar-refractivity contribution in [3.8, 4) is 5.75 Å². The van der Waals surface area contributed by atoms with Gasteiger partial charge in [-0.05, 0) is 85.7 Å². The lowest BCUT2D eigenvalue weighted by molar-refractivity contribution is -0.132. The molecule has 2 heterocycles. The lowest BCUT2D eigenvalue weighted by Crippen LogP contribution is -2.46. The molecule has 2 aromatic carbocycles. The Kier molecular flexibility index (Phi) is 8.89. The zero-order chi connectivity index (χ0) is 24.7. The molecule has 0 aromatic heterocycles. The van der Waals surface area contributed by atoms with Crippen molar-refractivity contribution >= 4 is 5.91 Å². The SMILES string of the molecule is CC(C)c1ccc(CN2CCC3(CCCCc4ccccc4OCCCC(=O)N(C)C3)CC2)cc1. The molecule has 1 amide bonds. The Labute approximate surface area is 212 Å². The minimum absolute atomic E-state index is 0.239. The van der Waals surface area contributed by atoms with Crippen LogP contribution in [0.4, 0.5) is 0 Å². The molecule has 4 nitrogen and oxygen atoms in total. The monoisotopic (exact) mass is 476 g/mol. The predicted octanol–water partition coefficient (Wildman–Crippen LogP) is 6.44. The maximum absolute atomic E-state index is 12.9. The molecule has 2 aliphatic rings. The van der Waals surface area contributed by atoms with E-state index in [2.05, 4.69) is 61.2 Å². The molecule has 0 aliphatic carbocycles. The second kappa shape index (κ2) is 12.1. The number of carbonyl (C=O) groups excluding carboxylic acids is 1. The van der Waals surface area contributed by atoms with Crippen molar-refractivity contribution in [3.63, 3.8) is 0 Å². The Balaban J connectivity index is 1.39. The second-order valence-corrected chi connectivity index (χ2v) is 11.2. The summed E-state index contributed by atoms with van der Waals surface area (Å²) in [6.45, 7) is 9.25. The van der Waals surface area contributed by atoms with Crippen molar-refractivity contribution in [2.75, 3.05) is 33.3 Å². The van der Waals surface area contributed by atoms with Crippen LogP contribution in [0.3, 0.4) is 0 Å². The van der Waals surface area contributed by atoms with Crippen LogP contribution in [0.2, 0.25) is 0 Å². The number of para-hydroxylation sites is 1. The van der Waals surface area contributed by atoms with E-state index in [1.165, 1.54) is 48.8 Å². The molecule has 190 valence electrons. The van der Waals surface area contributed by atoms with Crippen LogP contribution < -0.4 is 4.74 Å². The molecule has 2 aromatic rings. The summed E-state index contributed by atoms with van der Waals surface area (Å²) in [5.74, 6) is 1.83. The number of hydrogen-bond acceptors (Lipinski definition) is 3. The van der Waals surface area contributed by atoms with Gasteiger partial charge in [0, 0.05) is 26.6 Å². The number of fused-ring (bicyclic) bond motifs is 1. The van der Waals surface area contributed by atoms with Gasteiger partial charge in [0.1, 0.15) is 5.75 Å². The Morgan fingerprint density at radius 1 is 0.914 bits per heavy atom. The number of amides is 1.